The molecule has 17 heavy (non-hydrogen) atoms. The Morgan fingerprint density at radius 3 is 2.47 bits per heavy atom. The Morgan fingerprint density at radius 1 is 1.24 bits per heavy atom. The molecule has 2 rings (SSSR count). The van der Waals surface area contributed by atoms with Gasteiger partial charge < -0.3 is 9.90 Å². The van der Waals surface area contributed by atoms with Crippen molar-refractivity contribution in [2.75, 3.05) is 0 Å². The molecule has 2 aromatic rings. The number of aromatic carboxylic acids is 1. The molecule has 0 bridgehead atoms. The number of benzene rings is 1. The minimum Gasteiger partial charge on any atom is -0.545 e. The smallest absolute Gasteiger partial charge is 0.0716 e. The molecule has 0 fully saturated rings. The van der Waals surface area contributed by atoms with Gasteiger partial charge in [-0.1, -0.05) is 12.1 Å². The zero-order valence-corrected chi connectivity index (χ0v) is 10.0. The second-order valence-corrected chi connectivity index (χ2v) is 4.13. The van der Waals surface area contributed by atoms with Gasteiger partial charge in [-0.3, -0.25) is 0 Å². The summed E-state index contributed by atoms with van der Waals surface area (Å²) in [4.78, 5) is 10.8. The quantitative estimate of drug-likeness (QED) is 0.776. The number of nitrogens with zero attached hydrogens (tertiary/aromatic N) is 2. The number of carboxylic acid groups (broad SMARTS) is 1. The van der Waals surface area contributed by atoms with E-state index in [9.17, 15) is 9.90 Å². The molecule has 0 aliphatic rings. The van der Waals surface area contributed by atoms with Crippen molar-refractivity contribution in [3.63, 3.8) is 0 Å². The molecule has 1 aromatic carbocycles. The molecule has 0 aliphatic carbocycles. The number of rotatable bonds is 2. The molecule has 4 heteroatoms. The molecular formula is C13H13N2O2-. The first kappa shape index (κ1) is 11.4. The third-order valence-electron chi connectivity index (χ3n) is 2.68. The zero-order valence-electron chi connectivity index (χ0n) is 10.0. The highest BCUT2D eigenvalue weighted by Gasteiger charge is 2.07. The van der Waals surface area contributed by atoms with Gasteiger partial charge in [-0.25, -0.2) is 4.68 Å². The van der Waals surface area contributed by atoms with Crippen LogP contribution in [0.3, 0.4) is 0 Å². The predicted molar refractivity (Wildman–Crippen MR) is 62.1 cm³/mol. The summed E-state index contributed by atoms with van der Waals surface area (Å²) < 4.78 is 1.75. The van der Waals surface area contributed by atoms with Gasteiger partial charge in [0, 0.05) is 5.69 Å². The van der Waals surface area contributed by atoms with Crippen LogP contribution in [0.25, 0.3) is 5.69 Å². The van der Waals surface area contributed by atoms with E-state index in [-0.39, 0.29) is 5.56 Å². The third-order valence-corrected chi connectivity index (χ3v) is 2.68. The second kappa shape index (κ2) is 4.05. The van der Waals surface area contributed by atoms with Crippen molar-refractivity contribution in [1.82, 2.24) is 9.78 Å². The van der Waals surface area contributed by atoms with Crippen LogP contribution < -0.4 is 5.11 Å². The van der Waals surface area contributed by atoms with Gasteiger partial charge in [0.1, 0.15) is 0 Å². The maximum absolute atomic E-state index is 10.8. The van der Waals surface area contributed by atoms with E-state index in [1.165, 1.54) is 0 Å². The van der Waals surface area contributed by atoms with E-state index in [0.717, 1.165) is 22.6 Å². The fourth-order valence-corrected chi connectivity index (χ4v) is 1.84. The highest BCUT2D eigenvalue weighted by Crippen LogP contribution is 2.18. The number of carbonyl (C=O) groups is 1. The third kappa shape index (κ3) is 2.06. The largest absolute Gasteiger partial charge is 0.545 e. The molecule has 0 radical (unpaired) electrons. The van der Waals surface area contributed by atoms with E-state index < -0.39 is 5.97 Å². The highest BCUT2D eigenvalue weighted by molar-refractivity contribution is 5.86. The number of hydrogen-bond donors (Lipinski definition) is 0. The summed E-state index contributed by atoms with van der Waals surface area (Å²) in [5.74, 6) is -1.17. The van der Waals surface area contributed by atoms with Gasteiger partial charge in [-0.15, -0.1) is 0 Å². The van der Waals surface area contributed by atoms with Gasteiger partial charge in [0.25, 0.3) is 0 Å². The van der Waals surface area contributed by atoms with Gasteiger partial charge in [0.15, 0.2) is 0 Å². The minimum absolute atomic E-state index is 0.165. The molecule has 0 spiro atoms. The van der Waals surface area contributed by atoms with Crippen molar-refractivity contribution in [2.45, 2.75) is 20.8 Å². The van der Waals surface area contributed by atoms with Crippen LogP contribution in [0.4, 0.5) is 0 Å². The van der Waals surface area contributed by atoms with E-state index in [4.69, 9.17) is 0 Å². The number of hydrogen-bond acceptors (Lipinski definition) is 3. The molecule has 0 aliphatic heterocycles. The first-order valence-electron chi connectivity index (χ1n) is 5.34. The van der Waals surface area contributed by atoms with Crippen LogP contribution in [0.15, 0.2) is 24.3 Å². The van der Waals surface area contributed by atoms with Crippen molar-refractivity contribution in [1.29, 1.82) is 0 Å². The molecular weight excluding hydrogens is 216 g/mol. The normalized spacial score (nSPS) is 10.5. The van der Waals surface area contributed by atoms with E-state index >= 15 is 0 Å². The minimum atomic E-state index is -1.17. The van der Waals surface area contributed by atoms with E-state index in [1.54, 1.807) is 22.9 Å². The molecule has 0 amide bonds. The number of carboxylic acids is 1. The van der Waals surface area contributed by atoms with E-state index in [0.29, 0.717) is 0 Å². The highest BCUT2D eigenvalue weighted by atomic mass is 16.4. The van der Waals surface area contributed by atoms with Gasteiger partial charge in [0.2, 0.25) is 0 Å². The molecule has 1 aromatic heterocycles. The standard InChI is InChI=1S/C13H14N2O2/c1-8-4-5-11(13(16)17)7-12(8)15-10(3)6-9(2)14-15/h4-7H,1-3H3,(H,16,17)/p-1. The average molecular weight is 229 g/mol. The lowest BCUT2D eigenvalue weighted by Crippen LogP contribution is -2.22. The Morgan fingerprint density at radius 2 is 1.94 bits per heavy atom. The summed E-state index contributed by atoms with van der Waals surface area (Å²) >= 11 is 0. The fraction of sp³-hybridized carbons (Fsp3) is 0.231. The molecule has 88 valence electrons. The van der Waals surface area contributed by atoms with Crippen molar-refractivity contribution >= 4 is 5.97 Å². The van der Waals surface area contributed by atoms with E-state index in [2.05, 4.69) is 5.10 Å². The summed E-state index contributed by atoms with van der Waals surface area (Å²) in [6.45, 7) is 5.76. The van der Waals surface area contributed by atoms with Crippen molar-refractivity contribution in [2.24, 2.45) is 0 Å². The van der Waals surface area contributed by atoms with Crippen molar-refractivity contribution < 1.29 is 9.90 Å². The summed E-state index contributed by atoms with van der Waals surface area (Å²) in [6.07, 6.45) is 0. The van der Waals surface area contributed by atoms with Crippen LogP contribution in [0.2, 0.25) is 0 Å². The number of aromatic nitrogens is 2. The Balaban J connectivity index is 2.62. The Kier molecular flexibility index (Phi) is 2.71. The van der Waals surface area contributed by atoms with Crippen LogP contribution in [0, 0.1) is 20.8 Å². The maximum Gasteiger partial charge on any atom is 0.0716 e. The summed E-state index contributed by atoms with van der Waals surface area (Å²) in [6, 6.07) is 6.84. The van der Waals surface area contributed by atoms with Crippen LogP contribution >= 0.6 is 0 Å². The van der Waals surface area contributed by atoms with Crippen molar-refractivity contribution in [3.05, 3.63) is 46.8 Å². The topological polar surface area (TPSA) is 58.0 Å². The molecule has 0 saturated heterocycles. The summed E-state index contributed by atoms with van der Waals surface area (Å²) in [7, 11) is 0. The van der Waals surface area contributed by atoms with Gasteiger partial charge in [-0.05, 0) is 44.0 Å². The number of carbonyl (C=O) groups excluding carboxylic acids is 1. The summed E-state index contributed by atoms with van der Waals surface area (Å²) in [5, 5.41) is 15.2. The Labute approximate surface area is 99.5 Å². The fourth-order valence-electron chi connectivity index (χ4n) is 1.84. The first-order valence-corrected chi connectivity index (χ1v) is 5.34. The van der Waals surface area contributed by atoms with Gasteiger partial charge in [-0.2, -0.15) is 5.10 Å². The molecule has 0 atom stereocenters. The predicted octanol–water partition coefficient (Wildman–Crippen LogP) is 1.16. The molecule has 0 N–H and O–H groups in total. The number of aryl methyl sites for hydroxylation is 3. The molecule has 0 unspecified atom stereocenters. The molecule has 0 saturated carbocycles. The van der Waals surface area contributed by atoms with Gasteiger partial charge in [0.05, 0.1) is 17.4 Å². The second-order valence-electron chi connectivity index (χ2n) is 4.13. The molecule has 4 nitrogen and oxygen atoms in total. The van der Waals surface area contributed by atoms with Crippen LogP contribution in [0.5, 0.6) is 0 Å². The lowest BCUT2D eigenvalue weighted by molar-refractivity contribution is -0.255. The van der Waals surface area contributed by atoms with Crippen molar-refractivity contribution in [3.8, 4) is 5.69 Å². The van der Waals surface area contributed by atoms with Crippen LogP contribution in [-0.4, -0.2) is 15.7 Å². The SMILES string of the molecule is Cc1cc(C)n(-c2cc(C(=O)[O-])ccc2C)n1. The lowest BCUT2D eigenvalue weighted by Gasteiger charge is -2.11. The lowest BCUT2D eigenvalue weighted by atomic mass is 10.1. The van der Waals surface area contributed by atoms with E-state index in [1.807, 2.05) is 26.8 Å². The van der Waals surface area contributed by atoms with Crippen LogP contribution in [-0.2, 0) is 0 Å². The average Bonchev–Trinajstić information content (AvgIpc) is 2.58. The first-order chi connectivity index (χ1) is 7.99. The Bertz CT molecular complexity index is 585. The zero-order chi connectivity index (χ0) is 12.6. The van der Waals surface area contributed by atoms with Gasteiger partial charge >= 0.3 is 0 Å². The maximum atomic E-state index is 10.8. The van der Waals surface area contributed by atoms with Crippen LogP contribution in [0.1, 0.15) is 27.3 Å². The summed E-state index contributed by atoms with van der Waals surface area (Å²) in [5.41, 5.74) is 3.79. The molecule has 1 heterocycles. The Hall–Kier alpha value is -2.10. The monoisotopic (exact) mass is 229 g/mol.